The first-order chi connectivity index (χ1) is 16.4. The fourth-order valence-corrected chi connectivity index (χ4v) is 4.55. The molecule has 6 nitrogen and oxygen atoms in total. The highest BCUT2D eigenvalue weighted by Crippen LogP contribution is 2.24. The van der Waals surface area contributed by atoms with Gasteiger partial charge in [-0.2, -0.15) is 0 Å². The summed E-state index contributed by atoms with van der Waals surface area (Å²) in [7, 11) is 0. The van der Waals surface area contributed by atoms with E-state index >= 15 is 0 Å². The molecule has 4 aromatic rings. The van der Waals surface area contributed by atoms with Crippen LogP contribution in [0.15, 0.2) is 67.0 Å². The third kappa shape index (κ3) is 5.54. The Morgan fingerprint density at radius 2 is 1.61 bits per heavy atom. The van der Waals surface area contributed by atoms with E-state index in [2.05, 4.69) is 79.3 Å². The minimum Gasteiger partial charge on any atom is -0.311 e. The first kappa shape index (κ1) is 21.9. The number of hydrogen-bond acceptors (Lipinski definition) is 6. The van der Waals surface area contributed by atoms with Gasteiger partial charge in [-0.15, -0.1) is 0 Å². The Hall–Kier alpha value is -2.90. The second-order valence-corrected chi connectivity index (χ2v) is 8.70. The Morgan fingerprint density at radius 1 is 0.818 bits per heavy atom. The lowest BCUT2D eigenvalue weighted by atomic mass is 10.1. The van der Waals surface area contributed by atoms with Gasteiger partial charge in [0, 0.05) is 82.1 Å². The molecule has 0 fully saturated rings. The van der Waals surface area contributed by atoms with Crippen molar-refractivity contribution in [2.45, 2.75) is 19.6 Å². The predicted molar refractivity (Wildman–Crippen MR) is 135 cm³/mol. The van der Waals surface area contributed by atoms with Crippen molar-refractivity contribution in [1.29, 1.82) is 0 Å². The molecule has 0 aliphatic carbocycles. The molecule has 5 rings (SSSR count). The number of rotatable bonds is 5. The van der Waals surface area contributed by atoms with E-state index in [1.807, 2.05) is 18.5 Å². The summed E-state index contributed by atoms with van der Waals surface area (Å²) in [6.45, 7) is 8.78. The molecular weight excluding hydrogens is 408 g/mol. The van der Waals surface area contributed by atoms with Crippen LogP contribution in [-0.4, -0.2) is 54.1 Å². The number of nitrogens with one attached hydrogen (secondary N) is 3. The summed E-state index contributed by atoms with van der Waals surface area (Å²) in [5, 5.41) is 13.2. The SMILES string of the molecule is c1cc2cc(c1)CNCCN(CCNCc1ccnc3c1ccc1cccnc13)CCNC2. The highest BCUT2D eigenvalue weighted by molar-refractivity contribution is 6.03. The normalized spacial score (nSPS) is 15.9. The fourth-order valence-electron chi connectivity index (χ4n) is 4.55. The lowest BCUT2D eigenvalue weighted by molar-refractivity contribution is 0.271. The number of benzene rings is 2. The van der Waals surface area contributed by atoms with E-state index in [0.29, 0.717) is 0 Å². The molecule has 3 heterocycles. The third-order valence-corrected chi connectivity index (χ3v) is 6.35. The molecule has 0 atom stereocenters. The van der Waals surface area contributed by atoms with Crippen LogP contribution < -0.4 is 16.0 Å². The average molecular weight is 441 g/mol. The molecule has 0 radical (unpaired) electrons. The smallest absolute Gasteiger partial charge is 0.0967 e. The molecule has 2 aromatic carbocycles. The van der Waals surface area contributed by atoms with E-state index in [-0.39, 0.29) is 0 Å². The molecule has 0 saturated heterocycles. The van der Waals surface area contributed by atoms with Crippen molar-refractivity contribution < 1.29 is 0 Å². The Morgan fingerprint density at radius 3 is 2.42 bits per heavy atom. The van der Waals surface area contributed by atoms with Crippen LogP contribution in [0.2, 0.25) is 0 Å². The molecule has 1 aliphatic rings. The molecule has 0 spiro atoms. The maximum atomic E-state index is 4.62. The van der Waals surface area contributed by atoms with Crippen LogP contribution in [0.3, 0.4) is 0 Å². The van der Waals surface area contributed by atoms with Gasteiger partial charge < -0.3 is 16.0 Å². The third-order valence-electron chi connectivity index (χ3n) is 6.35. The molecule has 2 bridgehead atoms. The summed E-state index contributed by atoms with van der Waals surface area (Å²) in [4.78, 5) is 11.7. The number of aromatic nitrogens is 2. The van der Waals surface area contributed by atoms with Gasteiger partial charge in [0.2, 0.25) is 0 Å². The molecule has 1 aliphatic heterocycles. The van der Waals surface area contributed by atoms with E-state index < -0.39 is 0 Å². The van der Waals surface area contributed by atoms with Gasteiger partial charge in [-0.25, -0.2) is 0 Å². The molecule has 3 N–H and O–H groups in total. The Bertz CT molecular complexity index is 1180. The molecular formula is C27H32N6. The van der Waals surface area contributed by atoms with Crippen LogP contribution in [0.25, 0.3) is 21.8 Å². The molecule has 2 aromatic heterocycles. The van der Waals surface area contributed by atoms with E-state index in [1.54, 1.807) is 0 Å². The molecule has 0 unspecified atom stereocenters. The average Bonchev–Trinajstić information content (AvgIpc) is 2.86. The first-order valence-corrected chi connectivity index (χ1v) is 11.9. The van der Waals surface area contributed by atoms with E-state index in [9.17, 15) is 0 Å². The van der Waals surface area contributed by atoms with Crippen molar-refractivity contribution in [1.82, 2.24) is 30.8 Å². The summed E-state index contributed by atoms with van der Waals surface area (Å²) in [6, 6.07) is 19.3. The zero-order chi connectivity index (χ0) is 22.3. The predicted octanol–water partition coefficient (Wildman–Crippen LogP) is 3.07. The van der Waals surface area contributed by atoms with Crippen molar-refractivity contribution in [2.24, 2.45) is 0 Å². The maximum absolute atomic E-state index is 4.62. The van der Waals surface area contributed by atoms with Gasteiger partial charge in [0.1, 0.15) is 0 Å². The van der Waals surface area contributed by atoms with Crippen LogP contribution in [0.5, 0.6) is 0 Å². The lowest BCUT2D eigenvalue weighted by Crippen LogP contribution is -2.40. The Kier molecular flexibility index (Phi) is 7.18. The summed E-state index contributed by atoms with van der Waals surface area (Å²) >= 11 is 0. The van der Waals surface area contributed by atoms with Crippen LogP contribution in [-0.2, 0) is 19.6 Å². The first-order valence-electron chi connectivity index (χ1n) is 11.9. The molecule has 33 heavy (non-hydrogen) atoms. The Labute approximate surface area is 195 Å². The number of pyridine rings is 2. The van der Waals surface area contributed by atoms with Gasteiger partial charge >= 0.3 is 0 Å². The molecule has 0 saturated carbocycles. The van der Waals surface area contributed by atoms with Crippen molar-refractivity contribution >= 4 is 21.8 Å². The zero-order valence-corrected chi connectivity index (χ0v) is 19.1. The number of nitrogens with zero attached hydrogens (tertiary/aromatic N) is 3. The van der Waals surface area contributed by atoms with E-state index in [0.717, 1.165) is 75.3 Å². The second kappa shape index (κ2) is 10.8. The standard InChI is InChI=1S/C27H32N6/c1-3-21-17-22(4-1)19-29-12-15-33(14-11-28-18-21)16-13-30-20-24-8-10-32-27-25(24)7-6-23-5-2-9-31-26(23)27/h1-10,17,28-30H,11-16,18-20H2. The van der Waals surface area contributed by atoms with Gasteiger partial charge in [0.15, 0.2) is 0 Å². The van der Waals surface area contributed by atoms with Crippen LogP contribution in [0.1, 0.15) is 16.7 Å². The minimum atomic E-state index is 0.830. The van der Waals surface area contributed by atoms with Crippen LogP contribution in [0, 0.1) is 0 Å². The van der Waals surface area contributed by atoms with Gasteiger partial charge in [0.25, 0.3) is 0 Å². The van der Waals surface area contributed by atoms with Crippen molar-refractivity contribution in [3.63, 3.8) is 0 Å². The van der Waals surface area contributed by atoms with Crippen molar-refractivity contribution in [3.05, 3.63) is 83.7 Å². The second-order valence-electron chi connectivity index (χ2n) is 8.70. The molecule has 170 valence electrons. The highest BCUT2D eigenvalue weighted by Gasteiger charge is 2.09. The summed E-state index contributed by atoms with van der Waals surface area (Å²) in [5.41, 5.74) is 5.94. The van der Waals surface area contributed by atoms with Gasteiger partial charge in [-0.1, -0.05) is 42.5 Å². The number of hydrogen-bond donors (Lipinski definition) is 3. The quantitative estimate of drug-likeness (QED) is 0.327. The van der Waals surface area contributed by atoms with E-state index in [4.69, 9.17) is 0 Å². The van der Waals surface area contributed by atoms with Crippen LogP contribution >= 0.6 is 0 Å². The van der Waals surface area contributed by atoms with Crippen LogP contribution in [0.4, 0.5) is 0 Å². The zero-order valence-electron chi connectivity index (χ0n) is 19.1. The Balaban J connectivity index is 1.16. The topological polar surface area (TPSA) is 65.1 Å². The van der Waals surface area contributed by atoms with Crippen molar-refractivity contribution in [3.8, 4) is 0 Å². The minimum absolute atomic E-state index is 0.830. The monoisotopic (exact) mass is 440 g/mol. The molecule has 6 heteroatoms. The maximum Gasteiger partial charge on any atom is 0.0967 e. The number of fused-ring (bicyclic) bond motifs is 5. The highest BCUT2D eigenvalue weighted by atomic mass is 15.2. The summed E-state index contributed by atoms with van der Waals surface area (Å²) in [5.74, 6) is 0. The lowest BCUT2D eigenvalue weighted by Gasteiger charge is -2.24. The largest absolute Gasteiger partial charge is 0.311 e. The summed E-state index contributed by atoms with van der Waals surface area (Å²) in [6.07, 6.45) is 3.74. The van der Waals surface area contributed by atoms with Crippen molar-refractivity contribution in [2.75, 3.05) is 39.3 Å². The van der Waals surface area contributed by atoms with E-state index in [1.165, 1.54) is 22.1 Å². The fraction of sp³-hybridized carbons (Fsp3) is 0.333. The van der Waals surface area contributed by atoms with Gasteiger partial charge in [-0.05, 0) is 28.8 Å². The molecule has 0 amide bonds. The summed E-state index contributed by atoms with van der Waals surface area (Å²) < 4.78 is 0. The van der Waals surface area contributed by atoms with Gasteiger partial charge in [0.05, 0.1) is 11.0 Å². The van der Waals surface area contributed by atoms with Gasteiger partial charge in [-0.3, -0.25) is 14.9 Å².